The van der Waals surface area contributed by atoms with Gasteiger partial charge in [-0.25, -0.2) is 4.68 Å². The molecule has 0 saturated carbocycles. The van der Waals surface area contributed by atoms with Gasteiger partial charge in [-0.3, -0.25) is 15.0 Å². The molecule has 9 heteroatoms. The molecule has 0 atom stereocenters. The quantitative estimate of drug-likeness (QED) is 0.736. The number of aromatic nitrogens is 6. The summed E-state index contributed by atoms with van der Waals surface area (Å²) in [5.41, 5.74) is 2.67. The first kappa shape index (κ1) is 14.1. The Morgan fingerprint density at radius 3 is 2.82 bits per heavy atom. The van der Waals surface area contributed by atoms with Gasteiger partial charge >= 0.3 is 0 Å². The molecule has 0 saturated heterocycles. The predicted molar refractivity (Wildman–Crippen MR) is 78.9 cm³/mol. The summed E-state index contributed by atoms with van der Waals surface area (Å²) in [7, 11) is 0. The van der Waals surface area contributed by atoms with Crippen LogP contribution in [0.5, 0.6) is 0 Å². The maximum atomic E-state index is 12.4. The zero-order chi connectivity index (χ0) is 15.9. The third-order valence-corrected chi connectivity index (χ3v) is 3.22. The molecular weight excluding hydrogens is 286 g/mol. The Morgan fingerprint density at radius 2 is 2.14 bits per heavy atom. The summed E-state index contributed by atoms with van der Waals surface area (Å²) in [6.07, 6.45) is 2.13. The van der Waals surface area contributed by atoms with Crippen molar-refractivity contribution >= 4 is 22.7 Å². The average Bonchev–Trinajstić information content (AvgIpc) is 2.93. The number of nitrogens with one attached hydrogen (secondary N) is 1. The van der Waals surface area contributed by atoms with Crippen molar-refractivity contribution < 1.29 is 4.79 Å². The number of pyridine rings is 1. The topological polar surface area (TPSA) is 107 Å². The van der Waals surface area contributed by atoms with Gasteiger partial charge in [0.05, 0.1) is 0 Å². The molecule has 1 amide bonds. The molecule has 0 aromatic carbocycles. The maximum absolute atomic E-state index is 12.4. The molecule has 0 fully saturated rings. The Hall–Kier alpha value is -2.84. The van der Waals surface area contributed by atoms with E-state index in [0.29, 0.717) is 23.5 Å². The first-order valence-corrected chi connectivity index (χ1v) is 6.95. The molecule has 0 unspecified atom stereocenters. The van der Waals surface area contributed by atoms with Gasteiger partial charge in [-0.15, -0.1) is 15.3 Å². The van der Waals surface area contributed by atoms with E-state index < -0.39 is 5.56 Å². The molecule has 9 nitrogen and oxygen atoms in total. The van der Waals surface area contributed by atoms with Crippen LogP contribution in [-0.4, -0.2) is 35.4 Å². The highest BCUT2D eigenvalue weighted by molar-refractivity contribution is 5.85. The highest BCUT2D eigenvalue weighted by Crippen LogP contribution is 2.08. The van der Waals surface area contributed by atoms with Crippen LogP contribution in [0.25, 0.3) is 16.8 Å². The van der Waals surface area contributed by atoms with E-state index in [-0.39, 0.29) is 17.3 Å². The van der Waals surface area contributed by atoms with Crippen molar-refractivity contribution in [1.29, 1.82) is 0 Å². The Labute approximate surface area is 125 Å². The summed E-state index contributed by atoms with van der Waals surface area (Å²) < 4.78 is 2.58. The zero-order valence-corrected chi connectivity index (χ0v) is 12.4. The number of carbonyl (C=O) groups is 1. The summed E-state index contributed by atoms with van der Waals surface area (Å²) in [5, 5.41) is 12.1. The fourth-order valence-corrected chi connectivity index (χ4v) is 1.93. The van der Waals surface area contributed by atoms with Crippen LogP contribution >= 0.6 is 0 Å². The van der Waals surface area contributed by atoms with Crippen molar-refractivity contribution in [2.24, 2.45) is 5.92 Å². The predicted octanol–water partition coefficient (Wildman–Crippen LogP) is 0.123. The SMILES string of the molecule is CCc1nc2nnc3c(=O)n(NC(=O)C(C)C)ccc3n2n1. The number of amides is 1. The van der Waals surface area contributed by atoms with Gasteiger partial charge in [-0.1, -0.05) is 20.8 Å². The van der Waals surface area contributed by atoms with Gasteiger partial charge in [0.25, 0.3) is 11.3 Å². The van der Waals surface area contributed by atoms with Gasteiger partial charge in [0.15, 0.2) is 11.3 Å². The van der Waals surface area contributed by atoms with Crippen LogP contribution in [0.2, 0.25) is 0 Å². The van der Waals surface area contributed by atoms with Crippen LogP contribution in [-0.2, 0) is 11.2 Å². The Balaban J connectivity index is 2.17. The molecule has 0 radical (unpaired) electrons. The van der Waals surface area contributed by atoms with Gasteiger partial charge in [0.2, 0.25) is 5.91 Å². The highest BCUT2D eigenvalue weighted by atomic mass is 16.2. The first-order valence-electron chi connectivity index (χ1n) is 6.95. The second kappa shape index (κ2) is 5.17. The molecule has 0 aliphatic carbocycles. The molecule has 0 spiro atoms. The summed E-state index contributed by atoms with van der Waals surface area (Å²) in [6, 6.07) is 1.65. The zero-order valence-electron chi connectivity index (χ0n) is 12.4. The molecule has 0 bridgehead atoms. The summed E-state index contributed by atoms with van der Waals surface area (Å²) >= 11 is 0. The Morgan fingerprint density at radius 1 is 1.36 bits per heavy atom. The van der Waals surface area contributed by atoms with Crippen molar-refractivity contribution in [2.75, 3.05) is 5.43 Å². The molecule has 3 aromatic rings. The number of hydrogen-bond donors (Lipinski definition) is 1. The fourth-order valence-electron chi connectivity index (χ4n) is 1.93. The van der Waals surface area contributed by atoms with E-state index >= 15 is 0 Å². The lowest BCUT2D eigenvalue weighted by atomic mass is 10.2. The van der Waals surface area contributed by atoms with Gasteiger partial charge in [0, 0.05) is 18.5 Å². The molecular formula is C13H15N7O2. The van der Waals surface area contributed by atoms with Gasteiger partial charge in [0.1, 0.15) is 5.52 Å². The van der Waals surface area contributed by atoms with E-state index in [9.17, 15) is 9.59 Å². The fraction of sp³-hybridized carbons (Fsp3) is 0.385. The van der Waals surface area contributed by atoms with E-state index in [0.717, 1.165) is 4.68 Å². The van der Waals surface area contributed by atoms with Crippen LogP contribution in [0.3, 0.4) is 0 Å². The second-order valence-corrected chi connectivity index (χ2v) is 5.15. The monoisotopic (exact) mass is 301 g/mol. The van der Waals surface area contributed by atoms with Gasteiger partial charge < -0.3 is 0 Å². The van der Waals surface area contributed by atoms with E-state index in [1.165, 1.54) is 10.7 Å². The average molecular weight is 301 g/mol. The van der Waals surface area contributed by atoms with Gasteiger partial charge in [-0.2, -0.15) is 9.50 Å². The van der Waals surface area contributed by atoms with Crippen molar-refractivity contribution in [3.63, 3.8) is 0 Å². The number of aryl methyl sites for hydroxylation is 1. The molecule has 0 aliphatic heterocycles. The van der Waals surface area contributed by atoms with E-state index in [1.807, 2.05) is 6.92 Å². The van der Waals surface area contributed by atoms with E-state index in [2.05, 4.69) is 25.7 Å². The number of carbonyl (C=O) groups excluding carboxylic acids is 1. The van der Waals surface area contributed by atoms with Gasteiger partial charge in [-0.05, 0) is 6.07 Å². The number of hydrogen-bond acceptors (Lipinski definition) is 6. The molecule has 22 heavy (non-hydrogen) atoms. The molecule has 3 aromatic heterocycles. The molecule has 114 valence electrons. The Kier molecular flexibility index (Phi) is 3.32. The normalized spacial score (nSPS) is 11.5. The molecule has 1 N–H and O–H groups in total. The molecule has 3 rings (SSSR count). The van der Waals surface area contributed by atoms with Crippen LogP contribution in [0.4, 0.5) is 0 Å². The van der Waals surface area contributed by atoms with Crippen LogP contribution in [0.1, 0.15) is 26.6 Å². The minimum Gasteiger partial charge on any atom is -0.273 e. The Bertz CT molecular complexity index is 925. The van der Waals surface area contributed by atoms with E-state index in [4.69, 9.17) is 0 Å². The number of rotatable bonds is 3. The third kappa shape index (κ3) is 2.20. The maximum Gasteiger partial charge on any atom is 0.299 e. The van der Waals surface area contributed by atoms with Crippen molar-refractivity contribution in [2.45, 2.75) is 27.2 Å². The molecule has 3 heterocycles. The minimum atomic E-state index is -0.463. The summed E-state index contributed by atoms with van der Waals surface area (Å²) in [5.74, 6) is 0.468. The number of nitrogens with zero attached hydrogens (tertiary/aromatic N) is 6. The minimum absolute atomic E-state index is 0.117. The smallest absolute Gasteiger partial charge is 0.273 e. The largest absolute Gasteiger partial charge is 0.299 e. The highest BCUT2D eigenvalue weighted by Gasteiger charge is 2.14. The van der Waals surface area contributed by atoms with Crippen molar-refractivity contribution in [3.05, 3.63) is 28.4 Å². The second-order valence-electron chi connectivity index (χ2n) is 5.15. The van der Waals surface area contributed by atoms with Crippen LogP contribution in [0.15, 0.2) is 17.1 Å². The van der Waals surface area contributed by atoms with Crippen molar-refractivity contribution in [1.82, 2.24) is 29.5 Å². The molecule has 0 aliphatic rings. The number of fused-ring (bicyclic) bond motifs is 3. The lowest BCUT2D eigenvalue weighted by Crippen LogP contribution is -2.35. The summed E-state index contributed by atoms with van der Waals surface area (Å²) in [4.78, 5) is 28.3. The third-order valence-electron chi connectivity index (χ3n) is 3.22. The van der Waals surface area contributed by atoms with E-state index in [1.54, 1.807) is 19.9 Å². The standard InChI is InChI=1S/C13H15N7O2/c1-4-9-14-13-16-15-10-8(20(13)17-9)5-6-19(12(10)22)18-11(21)7(2)3/h5-7H,4H2,1-3H3,(H,18,21). The summed E-state index contributed by atoms with van der Waals surface area (Å²) in [6.45, 7) is 5.41. The van der Waals surface area contributed by atoms with Crippen LogP contribution < -0.4 is 11.0 Å². The lowest BCUT2D eigenvalue weighted by molar-refractivity contribution is -0.119. The lowest BCUT2D eigenvalue weighted by Gasteiger charge is -2.10. The first-order chi connectivity index (χ1) is 10.5. The van der Waals surface area contributed by atoms with Crippen molar-refractivity contribution in [3.8, 4) is 0 Å². The van der Waals surface area contributed by atoms with Crippen LogP contribution in [0, 0.1) is 5.92 Å².